The maximum atomic E-state index is 11.5. The zero-order chi connectivity index (χ0) is 17.3. The van der Waals surface area contributed by atoms with E-state index in [4.69, 9.17) is 11.5 Å². The maximum Gasteiger partial charge on any atom is 0.238 e. The van der Waals surface area contributed by atoms with Crippen molar-refractivity contribution < 1.29 is 4.79 Å². The highest BCUT2D eigenvalue weighted by atomic mass is 35.5. The predicted molar refractivity (Wildman–Crippen MR) is 114 cm³/mol. The Balaban J connectivity index is 0. The van der Waals surface area contributed by atoms with Crippen LogP contribution in [0.3, 0.4) is 0 Å². The van der Waals surface area contributed by atoms with Gasteiger partial charge in [-0.15, -0.1) is 30.4 Å². The molecule has 0 bridgehead atoms. The highest BCUT2D eigenvalue weighted by Crippen LogP contribution is 2.08. The first-order chi connectivity index (χ1) is 10.8. The second-order valence-corrected chi connectivity index (χ2v) is 11.5. The van der Waals surface area contributed by atoms with Gasteiger partial charge >= 0.3 is 0 Å². The molecule has 0 aromatic heterocycles. The number of aryl methyl sites for hydroxylation is 1. The third kappa shape index (κ3) is 12.0. The Morgan fingerprint density at radius 1 is 1.24 bits per heavy atom. The first kappa shape index (κ1) is 26.2. The van der Waals surface area contributed by atoms with Gasteiger partial charge in [0.25, 0.3) is 0 Å². The van der Waals surface area contributed by atoms with Gasteiger partial charge in [0.1, 0.15) is 8.07 Å². The van der Waals surface area contributed by atoms with Crippen molar-refractivity contribution >= 4 is 38.8 Å². The van der Waals surface area contributed by atoms with Crippen LogP contribution in [-0.4, -0.2) is 33.1 Å². The second kappa shape index (κ2) is 13.2. The molecule has 7 heteroatoms. The summed E-state index contributed by atoms with van der Waals surface area (Å²) in [6.07, 6.45) is 2.93. The molecule has 1 rings (SSSR count). The van der Waals surface area contributed by atoms with Gasteiger partial charge in [-0.05, 0) is 37.0 Å². The van der Waals surface area contributed by atoms with Crippen molar-refractivity contribution in [2.24, 2.45) is 11.5 Å². The molecular formula is C18H31Cl2N3OSi. The summed E-state index contributed by atoms with van der Waals surface area (Å²) < 4.78 is 0. The maximum absolute atomic E-state index is 11.5. The van der Waals surface area contributed by atoms with Crippen LogP contribution in [0.15, 0.2) is 24.3 Å². The van der Waals surface area contributed by atoms with Gasteiger partial charge in [-0.2, -0.15) is 0 Å². The first-order valence-corrected chi connectivity index (χ1v) is 11.7. The van der Waals surface area contributed by atoms with Gasteiger partial charge in [0, 0.05) is 18.7 Å². The molecule has 0 aliphatic rings. The Labute approximate surface area is 165 Å². The summed E-state index contributed by atoms with van der Waals surface area (Å²) in [7, 11) is -1.34. The van der Waals surface area contributed by atoms with E-state index in [9.17, 15) is 4.79 Å². The molecule has 1 unspecified atom stereocenters. The van der Waals surface area contributed by atoms with E-state index in [0.29, 0.717) is 6.54 Å². The lowest BCUT2D eigenvalue weighted by atomic mass is 10.1. The van der Waals surface area contributed by atoms with Crippen molar-refractivity contribution in [2.75, 3.05) is 13.1 Å². The average molecular weight is 404 g/mol. The molecule has 0 aliphatic carbocycles. The molecule has 1 aromatic rings. The molecule has 142 valence electrons. The fraction of sp³-hybridized carbons (Fsp3) is 0.500. The zero-order valence-corrected chi connectivity index (χ0v) is 17.9. The Morgan fingerprint density at radius 3 is 2.52 bits per heavy atom. The van der Waals surface area contributed by atoms with E-state index < -0.39 is 14.1 Å². The highest BCUT2D eigenvalue weighted by molar-refractivity contribution is 6.83. The number of benzene rings is 1. The van der Waals surface area contributed by atoms with Gasteiger partial charge in [-0.1, -0.05) is 37.7 Å². The lowest BCUT2D eigenvalue weighted by Crippen LogP contribution is -2.45. The molecule has 4 nitrogen and oxygen atoms in total. The minimum absolute atomic E-state index is 0. The fourth-order valence-electron chi connectivity index (χ4n) is 1.97. The van der Waals surface area contributed by atoms with Crippen LogP contribution in [0.25, 0.3) is 0 Å². The Kier molecular flexibility index (Phi) is 13.8. The molecule has 5 N–H and O–H groups in total. The number of carbonyl (C=O) groups is 1. The third-order valence-corrected chi connectivity index (χ3v) is 4.17. The van der Waals surface area contributed by atoms with Crippen molar-refractivity contribution in [2.45, 2.75) is 44.9 Å². The van der Waals surface area contributed by atoms with E-state index in [1.54, 1.807) is 0 Å². The largest absolute Gasteiger partial charge is 0.355 e. The molecule has 1 aromatic carbocycles. The second-order valence-electron chi connectivity index (χ2n) is 6.79. The Bertz CT molecular complexity index is 580. The van der Waals surface area contributed by atoms with Crippen molar-refractivity contribution in [3.8, 4) is 11.5 Å². The van der Waals surface area contributed by atoms with Gasteiger partial charge in [-0.25, -0.2) is 0 Å². The van der Waals surface area contributed by atoms with Crippen LogP contribution >= 0.6 is 24.8 Å². The molecule has 0 saturated carbocycles. The summed E-state index contributed by atoms with van der Waals surface area (Å²) in [6.45, 7) is 7.55. The zero-order valence-electron chi connectivity index (χ0n) is 15.3. The number of nitrogens with two attached hydrogens (primary N) is 2. The monoisotopic (exact) mass is 403 g/mol. The predicted octanol–water partition coefficient (Wildman–Crippen LogP) is 2.48. The molecule has 0 heterocycles. The van der Waals surface area contributed by atoms with Crippen molar-refractivity contribution in [3.63, 3.8) is 0 Å². The quantitative estimate of drug-likeness (QED) is 0.371. The number of hydrogen-bond acceptors (Lipinski definition) is 3. The van der Waals surface area contributed by atoms with Crippen LogP contribution < -0.4 is 16.8 Å². The molecular weight excluding hydrogens is 373 g/mol. The summed E-state index contributed by atoms with van der Waals surface area (Å²) in [5, 5.41) is 2.81. The van der Waals surface area contributed by atoms with Crippen molar-refractivity contribution in [1.29, 1.82) is 0 Å². The van der Waals surface area contributed by atoms with Gasteiger partial charge < -0.3 is 16.8 Å². The number of nitrogens with one attached hydrogen (secondary N) is 1. The smallest absolute Gasteiger partial charge is 0.238 e. The summed E-state index contributed by atoms with van der Waals surface area (Å²) in [5.74, 6) is 3.12. The number of rotatable bonds is 7. The van der Waals surface area contributed by atoms with E-state index >= 15 is 0 Å². The van der Waals surface area contributed by atoms with E-state index in [1.165, 1.54) is 5.56 Å². The van der Waals surface area contributed by atoms with E-state index in [-0.39, 0.29) is 37.3 Å². The lowest BCUT2D eigenvalue weighted by molar-refractivity contribution is -0.122. The summed E-state index contributed by atoms with van der Waals surface area (Å²) >= 11 is 0. The van der Waals surface area contributed by atoms with Crippen LogP contribution in [0.1, 0.15) is 24.0 Å². The summed E-state index contributed by atoms with van der Waals surface area (Å²) in [4.78, 5) is 11.5. The molecule has 25 heavy (non-hydrogen) atoms. The third-order valence-electron chi connectivity index (χ3n) is 3.29. The SMILES string of the molecule is C[Si](C)(C)C#Cc1cccc(CCCCNC(=O)C(N)CN)c1.Cl.Cl. The Hall–Kier alpha value is -1.03. The van der Waals surface area contributed by atoms with Crippen molar-refractivity contribution in [1.82, 2.24) is 5.32 Å². The molecule has 0 aliphatic heterocycles. The van der Waals surface area contributed by atoms with E-state index in [0.717, 1.165) is 24.8 Å². The minimum Gasteiger partial charge on any atom is -0.355 e. The van der Waals surface area contributed by atoms with Crippen LogP contribution in [-0.2, 0) is 11.2 Å². The fourth-order valence-corrected chi connectivity index (χ4v) is 2.49. The number of halogens is 2. The molecule has 0 saturated heterocycles. The molecule has 0 spiro atoms. The van der Waals surface area contributed by atoms with E-state index in [2.05, 4.69) is 60.7 Å². The topological polar surface area (TPSA) is 81.1 Å². The number of carbonyl (C=O) groups excluding carboxylic acids is 1. The van der Waals surface area contributed by atoms with Crippen LogP contribution in [0.4, 0.5) is 0 Å². The van der Waals surface area contributed by atoms with Gasteiger partial charge in [-0.3, -0.25) is 4.79 Å². The molecule has 0 fully saturated rings. The molecule has 1 amide bonds. The number of amides is 1. The highest BCUT2D eigenvalue weighted by Gasteiger charge is 2.09. The normalized spacial score (nSPS) is 11.2. The summed E-state index contributed by atoms with van der Waals surface area (Å²) in [5.41, 5.74) is 16.7. The standard InChI is InChI=1S/C18H29N3OSi.2ClH/c1-23(2,3)12-10-16-9-6-8-15(13-16)7-4-5-11-21-18(22)17(20)14-19;;/h6,8-9,13,17H,4-5,7,11,14,19-20H2,1-3H3,(H,21,22);2*1H. The molecule has 0 radical (unpaired) electrons. The number of hydrogen-bond donors (Lipinski definition) is 3. The van der Waals surface area contributed by atoms with Gasteiger partial charge in [0.2, 0.25) is 5.91 Å². The first-order valence-electron chi connectivity index (χ1n) is 8.17. The minimum atomic E-state index is -1.34. The lowest BCUT2D eigenvalue weighted by Gasteiger charge is -2.09. The van der Waals surface area contributed by atoms with Crippen LogP contribution in [0.2, 0.25) is 19.6 Å². The van der Waals surface area contributed by atoms with E-state index in [1.807, 2.05) is 0 Å². The van der Waals surface area contributed by atoms with Gasteiger partial charge in [0.15, 0.2) is 0 Å². The number of unbranched alkanes of at least 4 members (excludes halogenated alkanes) is 1. The summed E-state index contributed by atoms with van der Waals surface area (Å²) in [6, 6.07) is 7.81. The average Bonchev–Trinajstić information content (AvgIpc) is 2.51. The Morgan fingerprint density at radius 2 is 1.92 bits per heavy atom. The van der Waals surface area contributed by atoms with Gasteiger partial charge in [0.05, 0.1) is 6.04 Å². The van der Waals surface area contributed by atoms with Crippen LogP contribution in [0, 0.1) is 11.5 Å². The molecule has 1 atom stereocenters. The van der Waals surface area contributed by atoms with Crippen molar-refractivity contribution in [3.05, 3.63) is 35.4 Å². The van der Waals surface area contributed by atoms with Crippen LogP contribution in [0.5, 0.6) is 0 Å².